The highest BCUT2D eigenvalue weighted by molar-refractivity contribution is 5.94. The summed E-state index contributed by atoms with van der Waals surface area (Å²) >= 11 is 0. The highest BCUT2D eigenvalue weighted by atomic mass is 16.3. The van der Waals surface area contributed by atoms with Crippen LogP contribution in [0.1, 0.15) is 16.1 Å². The third kappa shape index (κ3) is 3.21. The zero-order valence-corrected chi connectivity index (χ0v) is 9.47. The number of hydrogen-bond acceptors (Lipinski definition) is 4. The number of aromatic amines is 1. The normalized spacial score (nSPS) is 10.0. The fourth-order valence-electron chi connectivity index (χ4n) is 1.29. The molecule has 0 saturated heterocycles. The van der Waals surface area contributed by atoms with Crippen LogP contribution in [0, 0.1) is 0 Å². The lowest BCUT2D eigenvalue weighted by Crippen LogP contribution is -2.36. The Morgan fingerprint density at radius 2 is 2.28 bits per heavy atom. The average molecular weight is 248 g/mol. The van der Waals surface area contributed by atoms with Crippen LogP contribution in [0.25, 0.3) is 0 Å². The molecule has 0 aliphatic rings. The number of nitrogens with zero attached hydrogens (tertiary/aromatic N) is 1. The zero-order chi connectivity index (χ0) is 12.8. The van der Waals surface area contributed by atoms with E-state index >= 15 is 0 Å². The molecule has 2 heterocycles. The Labute approximate surface area is 103 Å². The van der Waals surface area contributed by atoms with Crippen LogP contribution in [0.2, 0.25) is 0 Å². The van der Waals surface area contributed by atoms with E-state index in [4.69, 9.17) is 4.42 Å². The van der Waals surface area contributed by atoms with Crippen LogP contribution in [0.5, 0.6) is 0 Å². The van der Waals surface area contributed by atoms with Gasteiger partial charge in [0.1, 0.15) is 0 Å². The summed E-state index contributed by atoms with van der Waals surface area (Å²) in [6, 6.07) is 3.13. The number of amides is 2. The van der Waals surface area contributed by atoms with Crippen molar-refractivity contribution in [3.8, 4) is 0 Å². The topological polar surface area (TPSA) is 100 Å². The molecule has 0 unspecified atom stereocenters. The molecule has 2 aromatic rings. The first-order chi connectivity index (χ1) is 8.75. The van der Waals surface area contributed by atoms with Crippen molar-refractivity contribution in [3.05, 3.63) is 42.1 Å². The van der Waals surface area contributed by atoms with E-state index in [1.54, 1.807) is 18.5 Å². The Kier molecular flexibility index (Phi) is 3.75. The molecule has 0 radical (unpaired) electrons. The molecule has 2 rings (SSSR count). The minimum Gasteiger partial charge on any atom is -0.459 e. The minimum atomic E-state index is -0.418. The molecule has 0 bridgehead atoms. The lowest BCUT2D eigenvalue weighted by molar-refractivity contribution is -0.120. The largest absolute Gasteiger partial charge is 0.459 e. The molecule has 2 amide bonds. The highest BCUT2D eigenvalue weighted by Crippen LogP contribution is 1.98. The Bertz CT molecular complexity index is 504. The number of H-pyrrole nitrogens is 1. The summed E-state index contributed by atoms with van der Waals surface area (Å²) in [7, 11) is 0. The molecule has 0 aliphatic heterocycles. The minimum absolute atomic E-state index is 0.0998. The summed E-state index contributed by atoms with van der Waals surface area (Å²) < 4.78 is 4.89. The van der Waals surface area contributed by atoms with Crippen molar-refractivity contribution in [1.29, 1.82) is 0 Å². The Balaban J connectivity index is 1.70. The molecule has 94 valence electrons. The second kappa shape index (κ2) is 5.67. The summed E-state index contributed by atoms with van der Waals surface area (Å²) in [6.45, 7) is 0.267. The van der Waals surface area contributed by atoms with Crippen molar-refractivity contribution in [3.63, 3.8) is 0 Å². The summed E-state index contributed by atoms with van der Waals surface area (Å²) in [5.74, 6) is -0.521. The fraction of sp³-hybridized carbons (Fsp3) is 0.182. The molecular weight excluding hydrogens is 236 g/mol. The van der Waals surface area contributed by atoms with Crippen LogP contribution in [-0.2, 0) is 11.3 Å². The Morgan fingerprint density at radius 1 is 1.39 bits per heavy atom. The maximum atomic E-state index is 11.4. The van der Waals surface area contributed by atoms with Gasteiger partial charge in [0.05, 0.1) is 19.0 Å². The van der Waals surface area contributed by atoms with E-state index in [1.807, 2.05) is 0 Å². The van der Waals surface area contributed by atoms with Gasteiger partial charge < -0.3 is 15.1 Å². The Morgan fingerprint density at radius 3 is 2.94 bits per heavy atom. The van der Waals surface area contributed by atoms with E-state index in [9.17, 15) is 9.59 Å². The Hall–Kier alpha value is -2.57. The molecule has 7 nitrogen and oxygen atoms in total. The van der Waals surface area contributed by atoms with Crippen molar-refractivity contribution in [1.82, 2.24) is 20.8 Å². The van der Waals surface area contributed by atoms with Crippen LogP contribution in [0.4, 0.5) is 0 Å². The average Bonchev–Trinajstić information content (AvgIpc) is 3.05. The quantitative estimate of drug-likeness (QED) is 0.696. The van der Waals surface area contributed by atoms with Gasteiger partial charge in [-0.1, -0.05) is 0 Å². The summed E-state index contributed by atoms with van der Waals surface area (Å²) in [6.07, 6.45) is 4.69. The number of rotatable bonds is 5. The first-order valence-electron chi connectivity index (χ1n) is 5.32. The van der Waals surface area contributed by atoms with Crippen LogP contribution >= 0.6 is 0 Å². The van der Waals surface area contributed by atoms with Crippen molar-refractivity contribution in [2.24, 2.45) is 0 Å². The van der Waals surface area contributed by atoms with Gasteiger partial charge in [0.2, 0.25) is 5.91 Å². The molecule has 3 N–H and O–H groups in total. The zero-order valence-electron chi connectivity index (χ0n) is 9.47. The first-order valence-corrected chi connectivity index (χ1v) is 5.32. The van der Waals surface area contributed by atoms with E-state index in [1.165, 1.54) is 12.3 Å². The molecule has 0 spiro atoms. The second-order valence-electron chi connectivity index (χ2n) is 3.54. The smallest absolute Gasteiger partial charge is 0.287 e. The highest BCUT2D eigenvalue weighted by Gasteiger charge is 2.09. The van der Waals surface area contributed by atoms with Gasteiger partial charge in [-0.05, 0) is 12.1 Å². The van der Waals surface area contributed by atoms with Gasteiger partial charge in [0, 0.05) is 18.3 Å². The molecule has 0 aliphatic carbocycles. The van der Waals surface area contributed by atoms with Crippen LogP contribution in [-0.4, -0.2) is 28.6 Å². The lowest BCUT2D eigenvalue weighted by Gasteiger charge is -2.04. The summed E-state index contributed by atoms with van der Waals surface area (Å²) in [4.78, 5) is 22.9. The van der Waals surface area contributed by atoms with Crippen molar-refractivity contribution in [2.45, 2.75) is 6.54 Å². The van der Waals surface area contributed by atoms with Crippen molar-refractivity contribution < 1.29 is 14.0 Å². The van der Waals surface area contributed by atoms with E-state index < -0.39 is 5.91 Å². The number of nitrogens with one attached hydrogen (secondary N) is 3. The molecule has 7 heteroatoms. The van der Waals surface area contributed by atoms with E-state index in [0.717, 1.165) is 5.56 Å². The predicted molar refractivity (Wildman–Crippen MR) is 61.5 cm³/mol. The van der Waals surface area contributed by atoms with Crippen molar-refractivity contribution >= 4 is 11.8 Å². The molecule has 0 aromatic carbocycles. The fourth-order valence-corrected chi connectivity index (χ4v) is 1.29. The number of hydrogen-bond donors (Lipinski definition) is 3. The van der Waals surface area contributed by atoms with Crippen LogP contribution in [0.3, 0.4) is 0 Å². The summed E-state index contributed by atoms with van der Waals surface area (Å²) in [5, 5.41) is 11.5. The molecular formula is C11H12N4O3. The van der Waals surface area contributed by atoms with Gasteiger partial charge in [-0.2, -0.15) is 5.10 Å². The summed E-state index contributed by atoms with van der Waals surface area (Å²) in [5.41, 5.74) is 0.862. The molecule has 0 atom stereocenters. The van der Waals surface area contributed by atoms with Gasteiger partial charge in [-0.25, -0.2) is 0 Å². The van der Waals surface area contributed by atoms with E-state index in [-0.39, 0.29) is 18.2 Å². The number of aromatic nitrogens is 2. The lowest BCUT2D eigenvalue weighted by atomic mass is 10.3. The number of furan rings is 1. The first kappa shape index (κ1) is 11.9. The predicted octanol–water partition coefficient (Wildman–Crippen LogP) is 0.0489. The SMILES string of the molecule is O=C(CNC(=O)c1ccco1)NCc1cn[nH]c1. The van der Waals surface area contributed by atoms with Gasteiger partial charge >= 0.3 is 0 Å². The van der Waals surface area contributed by atoms with E-state index in [2.05, 4.69) is 20.8 Å². The monoisotopic (exact) mass is 248 g/mol. The third-order valence-electron chi connectivity index (χ3n) is 2.20. The van der Waals surface area contributed by atoms with Gasteiger partial charge in [0.15, 0.2) is 5.76 Å². The third-order valence-corrected chi connectivity index (χ3v) is 2.20. The van der Waals surface area contributed by atoms with Gasteiger partial charge in [0.25, 0.3) is 5.91 Å². The second-order valence-corrected chi connectivity index (χ2v) is 3.54. The van der Waals surface area contributed by atoms with Crippen molar-refractivity contribution in [2.75, 3.05) is 6.54 Å². The van der Waals surface area contributed by atoms with E-state index in [0.29, 0.717) is 6.54 Å². The molecule has 2 aromatic heterocycles. The maximum Gasteiger partial charge on any atom is 0.287 e. The number of carbonyl (C=O) groups is 2. The van der Waals surface area contributed by atoms with Gasteiger partial charge in [-0.3, -0.25) is 14.7 Å². The molecule has 18 heavy (non-hydrogen) atoms. The molecule has 0 fully saturated rings. The number of carbonyl (C=O) groups excluding carboxylic acids is 2. The van der Waals surface area contributed by atoms with Gasteiger partial charge in [-0.15, -0.1) is 0 Å². The van der Waals surface area contributed by atoms with Crippen LogP contribution < -0.4 is 10.6 Å². The molecule has 0 saturated carbocycles. The maximum absolute atomic E-state index is 11.4. The van der Waals surface area contributed by atoms with Crippen LogP contribution in [0.15, 0.2) is 35.2 Å². The standard InChI is InChI=1S/C11H12N4O3/c16-10(12-4-8-5-14-15-6-8)7-13-11(17)9-2-1-3-18-9/h1-3,5-6H,4,7H2,(H,12,16)(H,13,17)(H,14,15).